The number of ether oxygens (including phenoxy) is 2. The van der Waals surface area contributed by atoms with Crippen LogP contribution in [0.2, 0.25) is 15.1 Å². The Morgan fingerprint density at radius 3 is 2.13 bits per heavy atom. The van der Waals surface area contributed by atoms with E-state index in [1.165, 1.54) is 55.6 Å². The van der Waals surface area contributed by atoms with Crippen molar-refractivity contribution in [1.29, 1.82) is 0 Å². The maximum absolute atomic E-state index is 13.3. The molecule has 3 rings (SSSR count). The van der Waals surface area contributed by atoms with Crippen LogP contribution >= 0.6 is 34.8 Å². The second-order valence-corrected chi connectivity index (χ2v) is 9.25. The number of nitrogens with zero attached hydrogens (tertiary/aromatic N) is 1. The van der Waals surface area contributed by atoms with Crippen molar-refractivity contribution in [1.82, 2.24) is 0 Å². The Morgan fingerprint density at radius 2 is 1.52 bits per heavy atom. The van der Waals surface area contributed by atoms with Gasteiger partial charge in [0.15, 0.2) is 6.61 Å². The molecule has 0 spiro atoms. The highest BCUT2D eigenvalue weighted by atomic mass is 35.5. The average Bonchev–Trinajstić information content (AvgIpc) is 2.75. The van der Waals surface area contributed by atoms with Gasteiger partial charge in [-0.05, 0) is 60.7 Å². The van der Waals surface area contributed by atoms with E-state index in [1.807, 2.05) is 0 Å². The van der Waals surface area contributed by atoms with Gasteiger partial charge in [0.05, 0.1) is 22.7 Å². The van der Waals surface area contributed by atoms with Crippen molar-refractivity contribution in [3.8, 4) is 11.5 Å². The number of halogens is 3. The molecule has 3 aromatic rings. The zero-order valence-electron chi connectivity index (χ0n) is 16.1. The second kappa shape index (κ2) is 9.78. The number of rotatable bonds is 7. The molecule has 0 fully saturated rings. The molecule has 10 heteroatoms. The van der Waals surface area contributed by atoms with E-state index in [4.69, 9.17) is 44.3 Å². The topological polar surface area (TPSA) is 72.9 Å². The summed E-state index contributed by atoms with van der Waals surface area (Å²) < 4.78 is 37.8. The van der Waals surface area contributed by atoms with E-state index < -0.39 is 22.5 Å². The molecular weight excluding hydrogens is 485 g/mol. The molecule has 0 bridgehead atoms. The predicted molar refractivity (Wildman–Crippen MR) is 121 cm³/mol. The number of methoxy groups -OCH3 is 1. The fraction of sp³-hybridized carbons (Fsp3) is 0.0952. The van der Waals surface area contributed by atoms with Crippen molar-refractivity contribution in [2.24, 2.45) is 0 Å². The first-order chi connectivity index (χ1) is 14.7. The van der Waals surface area contributed by atoms with Crippen LogP contribution in [0.4, 0.5) is 5.69 Å². The van der Waals surface area contributed by atoms with E-state index in [0.29, 0.717) is 20.1 Å². The number of sulfonamides is 1. The van der Waals surface area contributed by atoms with Gasteiger partial charge >= 0.3 is 0 Å². The molecule has 0 saturated heterocycles. The maximum atomic E-state index is 13.3. The van der Waals surface area contributed by atoms with E-state index in [9.17, 15) is 13.2 Å². The molecule has 0 radical (unpaired) electrons. The van der Waals surface area contributed by atoms with Gasteiger partial charge in [-0.15, -0.1) is 0 Å². The van der Waals surface area contributed by atoms with Gasteiger partial charge in [0.2, 0.25) is 0 Å². The van der Waals surface area contributed by atoms with Gasteiger partial charge in [-0.3, -0.25) is 4.79 Å². The lowest BCUT2D eigenvalue weighted by molar-refractivity contribution is -0.119. The molecular formula is C21H16Cl3NO5S. The molecule has 0 heterocycles. The first-order valence-corrected chi connectivity index (χ1v) is 11.4. The summed E-state index contributed by atoms with van der Waals surface area (Å²) in [7, 11) is -2.79. The van der Waals surface area contributed by atoms with Gasteiger partial charge in [-0.25, -0.2) is 8.42 Å². The summed E-state index contributed by atoms with van der Waals surface area (Å²) in [6.07, 6.45) is 0. The molecule has 0 aliphatic carbocycles. The van der Waals surface area contributed by atoms with E-state index in [0.717, 1.165) is 0 Å². The SMILES string of the molecule is COc1ccc(N(C(=O)COc2cc(Cl)ccc2Cl)S(=O)(=O)c2ccc(Cl)cc2)cc1. The monoisotopic (exact) mass is 499 g/mol. The normalized spacial score (nSPS) is 11.1. The third-order valence-electron chi connectivity index (χ3n) is 4.13. The van der Waals surface area contributed by atoms with Gasteiger partial charge in [0.25, 0.3) is 15.9 Å². The largest absolute Gasteiger partial charge is 0.497 e. The molecule has 0 aliphatic rings. The van der Waals surface area contributed by atoms with Crippen LogP contribution in [0, 0.1) is 0 Å². The van der Waals surface area contributed by atoms with Crippen LogP contribution in [-0.2, 0) is 14.8 Å². The summed E-state index contributed by atoms with van der Waals surface area (Å²) in [5.41, 5.74) is 0.113. The van der Waals surface area contributed by atoms with Gasteiger partial charge in [-0.1, -0.05) is 34.8 Å². The smallest absolute Gasteiger partial charge is 0.278 e. The average molecular weight is 501 g/mol. The lowest BCUT2D eigenvalue weighted by Gasteiger charge is -2.23. The Kier molecular flexibility index (Phi) is 7.33. The Morgan fingerprint density at radius 1 is 0.903 bits per heavy atom. The number of carbonyl (C=O) groups is 1. The van der Waals surface area contributed by atoms with Crippen molar-refractivity contribution in [3.05, 3.63) is 81.8 Å². The predicted octanol–water partition coefficient (Wildman–Crippen LogP) is 5.46. The number of anilines is 1. The highest BCUT2D eigenvalue weighted by molar-refractivity contribution is 7.93. The summed E-state index contributed by atoms with van der Waals surface area (Å²) in [5, 5.41) is 0.946. The van der Waals surface area contributed by atoms with Crippen LogP contribution in [0.1, 0.15) is 0 Å². The van der Waals surface area contributed by atoms with Crippen molar-refractivity contribution < 1.29 is 22.7 Å². The summed E-state index contributed by atoms with van der Waals surface area (Å²) in [4.78, 5) is 12.9. The number of benzene rings is 3. The van der Waals surface area contributed by atoms with Crippen molar-refractivity contribution in [2.75, 3.05) is 18.0 Å². The van der Waals surface area contributed by atoms with E-state index >= 15 is 0 Å². The Hall–Kier alpha value is -2.45. The first-order valence-electron chi connectivity index (χ1n) is 8.78. The van der Waals surface area contributed by atoms with Crippen LogP contribution in [0.5, 0.6) is 11.5 Å². The molecule has 0 saturated carbocycles. The zero-order chi connectivity index (χ0) is 22.6. The number of amides is 1. The molecule has 0 atom stereocenters. The highest BCUT2D eigenvalue weighted by Gasteiger charge is 2.31. The lowest BCUT2D eigenvalue weighted by Crippen LogP contribution is -2.40. The van der Waals surface area contributed by atoms with Gasteiger partial charge in [0, 0.05) is 16.1 Å². The minimum Gasteiger partial charge on any atom is -0.497 e. The van der Waals surface area contributed by atoms with Crippen LogP contribution in [-0.4, -0.2) is 28.0 Å². The van der Waals surface area contributed by atoms with Crippen molar-refractivity contribution in [3.63, 3.8) is 0 Å². The standard InChI is InChI=1S/C21H16Cl3NO5S/c1-29-17-7-5-16(6-8-17)25(31(27,28)18-9-2-14(22)3-10-18)21(26)13-30-20-12-15(23)4-11-19(20)24/h2-12H,13H2,1H3. The fourth-order valence-corrected chi connectivity index (χ4v) is 4.50. The van der Waals surface area contributed by atoms with Gasteiger partial charge < -0.3 is 9.47 Å². The van der Waals surface area contributed by atoms with E-state index in [2.05, 4.69) is 0 Å². The number of hydrogen-bond acceptors (Lipinski definition) is 5. The highest BCUT2D eigenvalue weighted by Crippen LogP contribution is 2.29. The van der Waals surface area contributed by atoms with Crippen LogP contribution in [0.15, 0.2) is 71.6 Å². The fourth-order valence-electron chi connectivity index (χ4n) is 2.63. The lowest BCUT2D eigenvalue weighted by atomic mass is 10.3. The summed E-state index contributed by atoms with van der Waals surface area (Å²) in [6.45, 7) is -0.598. The number of carbonyl (C=O) groups excluding carboxylic acids is 1. The molecule has 1 amide bonds. The zero-order valence-corrected chi connectivity index (χ0v) is 19.2. The summed E-state index contributed by atoms with van der Waals surface area (Å²) in [5.74, 6) is -0.181. The first kappa shape index (κ1) is 23.2. The van der Waals surface area contributed by atoms with Crippen LogP contribution < -0.4 is 13.8 Å². The molecule has 0 aromatic heterocycles. The molecule has 31 heavy (non-hydrogen) atoms. The Labute approximate surface area is 194 Å². The van der Waals surface area contributed by atoms with Crippen molar-refractivity contribution in [2.45, 2.75) is 4.90 Å². The minimum absolute atomic E-state index is 0.109. The summed E-state index contributed by atoms with van der Waals surface area (Å²) in [6, 6.07) is 16.0. The molecule has 0 unspecified atom stereocenters. The third-order valence-corrected chi connectivity index (χ3v) is 6.69. The number of hydrogen-bond donors (Lipinski definition) is 0. The van der Waals surface area contributed by atoms with E-state index in [-0.39, 0.29) is 21.4 Å². The summed E-state index contributed by atoms with van der Waals surface area (Å²) >= 11 is 17.9. The molecule has 0 aliphatic heterocycles. The second-order valence-electron chi connectivity index (χ2n) is 6.18. The Bertz CT molecular complexity index is 1180. The minimum atomic E-state index is -4.27. The molecule has 3 aromatic carbocycles. The molecule has 0 N–H and O–H groups in total. The Balaban J connectivity index is 1.97. The quantitative estimate of drug-likeness (QED) is 0.431. The van der Waals surface area contributed by atoms with Gasteiger partial charge in [0.1, 0.15) is 11.5 Å². The van der Waals surface area contributed by atoms with Gasteiger partial charge in [-0.2, -0.15) is 4.31 Å². The maximum Gasteiger partial charge on any atom is 0.278 e. The molecule has 6 nitrogen and oxygen atoms in total. The van der Waals surface area contributed by atoms with Crippen molar-refractivity contribution >= 4 is 56.4 Å². The van der Waals surface area contributed by atoms with Crippen LogP contribution in [0.3, 0.4) is 0 Å². The van der Waals surface area contributed by atoms with E-state index in [1.54, 1.807) is 18.2 Å². The third kappa shape index (κ3) is 5.43. The van der Waals surface area contributed by atoms with Crippen LogP contribution in [0.25, 0.3) is 0 Å². The molecule has 162 valence electrons.